The molecule has 0 amide bonds. The van der Waals surface area contributed by atoms with E-state index in [-0.39, 0.29) is 5.97 Å². The number of hydrogen-bond acceptors (Lipinski definition) is 2. The molecule has 0 saturated heterocycles. The maximum Gasteiger partial charge on any atom is 0.305 e. The van der Waals surface area contributed by atoms with Crippen molar-refractivity contribution in [2.45, 2.75) is 119 Å². The lowest BCUT2D eigenvalue weighted by atomic mass is 9.84. The molecular formula is C23H46O2. The lowest BCUT2D eigenvalue weighted by Crippen LogP contribution is -2.14. The molecule has 0 saturated carbocycles. The van der Waals surface area contributed by atoms with E-state index < -0.39 is 0 Å². The van der Waals surface area contributed by atoms with Gasteiger partial charge >= 0.3 is 5.97 Å². The lowest BCUT2D eigenvalue weighted by Gasteiger charge is -2.22. The van der Waals surface area contributed by atoms with E-state index in [0.29, 0.717) is 24.4 Å². The fraction of sp³-hybridized carbons (Fsp3) is 0.957. The molecular weight excluding hydrogens is 308 g/mol. The van der Waals surface area contributed by atoms with Crippen LogP contribution in [0.3, 0.4) is 0 Å². The molecule has 0 bridgehead atoms. The van der Waals surface area contributed by atoms with Crippen LogP contribution in [-0.2, 0) is 9.53 Å². The molecule has 0 aliphatic carbocycles. The van der Waals surface area contributed by atoms with E-state index in [9.17, 15) is 4.79 Å². The second-order valence-electron chi connectivity index (χ2n) is 9.64. The molecule has 0 radical (unpaired) electrons. The predicted molar refractivity (Wildman–Crippen MR) is 110 cm³/mol. The van der Waals surface area contributed by atoms with Crippen LogP contribution < -0.4 is 0 Å². The Morgan fingerprint density at radius 3 is 1.84 bits per heavy atom. The zero-order chi connectivity index (χ0) is 19.1. The van der Waals surface area contributed by atoms with Crippen molar-refractivity contribution in [3.05, 3.63) is 0 Å². The Morgan fingerprint density at radius 2 is 1.32 bits per heavy atom. The minimum absolute atomic E-state index is 0.00311. The summed E-state index contributed by atoms with van der Waals surface area (Å²) in [7, 11) is 0. The third-order valence-electron chi connectivity index (χ3n) is 4.75. The lowest BCUT2D eigenvalue weighted by molar-refractivity contribution is -0.144. The standard InChI is InChI=1S/C23H46O2/c1-20(2)15-13-11-9-7-8-10-12-14-16-22(24)25-18-17-21(3)19-23(4,5)6/h20-21H,7-19H2,1-6H3. The number of ether oxygens (including phenoxy) is 1. The molecule has 2 nitrogen and oxygen atoms in total. The summed E-state index contributed by atoms with van der Waals surface area (Å²) in [4.78, 5) is 11.7. The van der Waals surface area contributed by atoms with Crippen molar-refractivity contribution in [3.63, 3.8) is 0 Å². The Bertz CT molecular complexity index is 315. The average Bonchev–Trinajstić information content (AvgIpc) is 2.47. The van der Waals surface area contributed by atoms with E-state index in [1.165, 1.54) is 57.8 Å². The number of unbranched alkanes of at least 4 members (excludes halogenated alkanes) is 7. The maximum atomic E-state index is 11.7. The van der Waals surface area contributed by atoms with Crippen molar-refractivity contribution in [2.24, 2.45) is 17.3 Å². The highest BCUT2D eigenvalue weighted by atomic mass is 16.5. The molecule has 1 atom stereocenters. The maximum absolute atomic E-state index is 11.7. The van der Waals surface area contributed by atoms with Crippen LogP contribution in [0.4, 0.5) is 0 Å². The fourth-order valence-corrected chi connectivity index (χ4v) is 3.48. The van der Waals surface area contributed by atoms with E-state index in [0.717, 1.165) is 18.8 Å². The van der Waals surface area contributed by atoms with E-state index >= 15 is 0 Å². The molecule has 0 aliphatic rings. The Kier molecular flexibility index (Phi) is 14.3. The summed E-state index contributed by atoms with van der Waals surface area (Å²) < 4.78 is 5.38. The van der Waals surface area contributed by atoms with Crippen molar-refractivity contribution < 1.29 is 9.53 Å². The second kappa shape index (κ2) is 14.6. The third-order valence-corrected chi connectivity index (χ3v) is 4.75. The van der Waals surface area contributed by atoms with Gasteiger partial charge in [-0.1, -0.05) is 92.9 Å². The van der Waals surface area contributed by atoms with Gasteiger partial charge < -0.3 is 4.74 Å². The number of rotatable bonds is 15. The Morgan fingerprint density at radius 1 is 0.800 bits per heavy atom. The molecule has 0 heterocycles. The van der Waals surface area contributed by atoms with Crippen molar-refractivity contribution >= 4 is 5.97 Å². The first-order valence-electron chi connectivity index (χ1n) is 10.9. The number of hydrogen-bond donors (Lipinski definition) is 0. The average molecular weight is 355 g/mol. The smallest absolute Gasteiger partial charge is 0.305 e. The molecule has 0 aliphatic heterocycles. The monoisotopic (exact) mass is 354 g/mol. The van der Waals surface area contributed by atoms with Gasteiger partial charge in [-0.2, -0.15) is 0 Å². The summed E-state index contributed by atoms with van der Waals surface area (Å²) in [6, 6.07) is 0. The summed E-state index contributed by atoms with van der Waals surface area (Å²) in [6.45, 7) is 14.2. The first-order valence-corrected chi connectivity index (χ1v) is 10.9. The first-order chi connectivity index (χ1) is 11.7. The van der Waals surface area contributed by atoms with Crippen LogP contribution >= 0.6 is 0 Å². The largest absolute Gasteiger partial charge is 0.466 e. The highest BCUT2D eigenvalue weighted by Gasteiger charge is 2.15. The normalized spacial score (nSPS) is 13.2. The van der Waals surface area contributed by atoms with Gasteiger partial charge in [-0.3, -0.25) is 4.79 Å². The molecule has 0 aromatic carbocycles. The fourth-order valence-electron chi connectivity index (χ4n) is 3.48. The molecule has 2 heteroatoms. The Balaban J connectivity index is 3.36. The predicted octanol–water partition coefficient (Wildman–Crippen LogP) is 7.55. The Hall–Kier alpha value is -0.530. The molecule has 25 heavy (non-hydrogen) atoms. The van der Waals surface area contributed by atoms with Gasteiger partial charge in [0, 0.05) is 6.42 Å². The van der Waals surface area contributed by atoms with Gasteiger partial charge in [0.05, 0.1) is 6.61 Å². The van der Waals surface area contributed by atoms with Crippen LogP contribution in [0.5, 0.6) is 0 Å². The first kappa shape index (κ1) is 24.5. The zero-order valence-electron chi connectivity index (χ0n) is 18.2. The van der Waals surface area contributed by atoms with Crippen LogP contribution in [0.15, 0.2) is 0 Å². The van der Waals surface area contributed by atoms with E-state index in [1.807, 2.05) is 0 Å². The van der Waals surface area contributed by atoms with Crippen molar-refractivity contribution in [1.82, 2.24) is 0 Å². The van der Waals surface area contributed by atoms with E-state index in [1.54, 1.807) is 0 Å². The van der Waals surface area contributed by atoms with E-state index in [4.69, 9.17) is 4.74 Å². The summed E-state index contributed by atoms with van der Waals surface area (Å²) in [5, 5.41) is 0. The molecule has 0 spiro atoms. The topological polar surface area (TPSA) is 26.3 Å². The highest BCUT2D eigenvalue weighted by molar-refractivity contribution is 5.69. The minimum atomic E-state index is -0.00311. The minimum Gasteiger partial charge on any atom is -0.466 e. The molecule has 0 aromatic rings. The summed E-state index contributed by atoms with van der Waals surface area (Å²) >= 11 is 0. The molecule has 0 aromatic heterocycles. The highest BCUT2D eigenvalue weighted by Crippen LogP contribution is 2.25. The van der Waals surface area contributed by atoms with E-state index in [2.05, 4.69) is 41.5 Å². The van der Waals surface area contributed by atoms with Gasteiger partial charge in [0.25, 0.3) is 0 Å². The third kappa shape index (κ3) is 19.6. The summed E-state index contributed by atoms with van der Waals surface area (Å²) in [6.07, 6.45) is 14.4. The number of carbonyl (C=O) groups is 1. The van der Waals surface area contributed by atoms with Gasteiger partial charge in [-0.25, -0.2) is 0 Å². The van der Waals surface area contributed by atoms with Gasteiger partial charge in [0.1, 0.15) is 0 Å². The van der Waals surface area contributed by atoms with Crippen molar-refractivity contribution in [1.29, 1.82) is 0 Å². The second-order valence-corrected chi connectivity index (χ2v) is 9.64. The number of carbonyl (C=O) groups excluding carboxylic acids is 1. The van der Waals surface area contributed by atoms with Crippen LogP contribution in [0.25, 0.3) is 0 Å². The molecule has 150 valence electrons. The van der Waals surface area contributed by atoms with Crippen LogP contribution in [0.2, 0.25) is 0 Å². The summed E-state index contributed by atoms with van der Waals surface area (Å²) in [5.74, 6) is 1.46. The van der Waals surface area contributed by atoms with Crippen molar-refractivity contribution in [3.8, 4) is 0 Å². The molecule has 0 rings (SSSR count). The molecule has 1 unspecified atom stereocenters. The zero-order valence-corrected chi connectivity index (χ0v) is 18.2. The van der Waals surface area contributed by atoms with Crippen LogP contribution in [-0.4, -0.2) is 12.6 Å². The Labute approximate surface area is 158 Å². The van der Waals surface area contributed by atoms with Crippen LogP contribution in [0.1, 0.15) is 119 Å². The van der Waals surface area contributed by atoms with Crippen molar-refractivity contribution in [2.75, 3.05) is 6.61 Å². The van der Waals surface area contributed by atoms with Gasteiger partial charge in [0.2, 0.25) is 0 Å². The molecule has 0 fully saturated rings. The van der Waals surface area contributed by atoms with Gasteiger partial charge in [0.15, 0.2) is 0 Å². The molecule has 0 N–H and O–H groups in total. The quantitative estimate of drug-likeness (QED) is 0.224. The summed E-state index contributed by atoms with van der Waals surface area (Å²) in [5.41, 5.74) is 0.359. The van der Waals surface area contributed by atoms with Gasteiger partial charge in [-0.05, 0) is 36.5 Å². The van der Waals surface area contributed by atoms with Crippen LogP contribution in [0, 0.1) is 17.3 Å². The van der Waals surface area contributed by atoms with Gasteiger partial charge in [-0.15, -0.1) is 0 Å². The number of esters is 1. The SMILES string of the molecule is CC(C)CCCCCCCCCCC(=O)OCCC(C)CC(C)(C)C.